The monoisotopic (exact) mass is 321 g/mol. The maximum Gasteiger partial charge on any atom is 0.0541 e. The van der Waals surface area contributed by atoms with E-state index >= 15 is 0 Å². The van der Waals surface area contributed by atoms with Gasteiger partial charge in [0.15, 0.2) is 0 Å². The summed E-state index contributed by atoms with van der Waals surface area (Å²) < 4.78 is 7.62. The molecule has 0 unspecified atom stereocenters. The molecular formula is C20H23N3O. The molecule has 1 saturated heterocycles. The van der Waals surface area contributed by atoms with Gasteiger partial charge in [-0.2, -0.15) is 0 Å². The Morgan fingerprint density at radius 3 is 2.71 bits per heavy atom. The van der Waals surface area contributed by atoms with Crippen molar-refractivity contribution < 1.29 is 4.74 Å². The summed E-state index contributed by atoms with van der Waals surface area (Å²) in [4.78, 5) is 9.10. The fraction of sp³-hybridized carbons (Fsp3) is 0.400. The van der Waals surface area contributed by atoms with Crippen molar-refractivity contribution in [2.45, 2.75) is 33.2 Å². The van der Waals surface area contributed by atoms with Crippen LogP contribution in [-0.4, -0.2) is 27.7 Å². The zero-order chi connectivity index (χ0) is 16.5. The second-order valence-corrected chi connectivity index (χ2v) is 6.76. The molecule has 0 amide bonds. The van der Waals surface area contributed by atoms with Crippen LogP contribution in [0.5, 0.6) is 0 Å². The van der Waals surface area contributed by atoms with Crippen molar-refractivity contribution in [2.24, 2.45) is 5.92 Å². The minimum absolute atomic E-state index is 0.726. The lowest BCUT2D eigenvalue weighted by molar-refractivity contribution is -0.0370. The van der Waals surface area contributed by atoms with Crippen LogP contribution in [0, 0.1) is 19.8 Å². The van der Waals surface area contributed by atoms with Crippen LogP contribution in [0.4, 0.5) is 0 Å². The molecule has 0 atom stereocenters. The second kappa shape index (κ2) is 6.36. The largest absolute Gasteiger partial charge is 0.381 e. The van der Waals surface area contributed by atoms with E-state index in [1.807, 2.05) is 12.4 Å². The molecule has 0 aliphatic carbocycles. The number of hydrogen-bond donors (Lipinski definition) is 0. The highest BCUT2D eigenvalue weighted by molar-refractivity contribution is 5.82. The molecule has 4 heterocycles. The topological polar surface area (TPSA) is 39.9 Å². The molecule has 0 spiro atoms. The Balaban J connectivity index is 1.63. The smallest absolute Gasteiger partial charge is 0.0541 e. The van der Waals surface area contributed by atoms with E-state index < -0.39 is 0 Å². The number of aryl methyl sites for hydroxylation is 3. The normalized spacial score (nSPS) is 14.9. The van der Waals surface area contributed by atoms with E-state index in [1.165, 1.54) is 28.5 Å². The number of fused-ring (bicyclic) bond motifs is 1. The summed E-state index contributed by atoms with van der Waals surface area (Å²) in [5, 5.41) is 1.25. The van der Waals surface area contributed by atoms with Gasteiger partial charge >= 0.3 is 0 Å². The lowest BCUT2D eigenvalue weighted by Crippen LogP contribution is -2.28. The molecule has 4 nitrogen and oxygen atoms in total. The third-order valence-corrected chi connectivity index (χ3v) is 5.12. The third kappa shape index (κ3) is 2.82. The standard InChI is InChI=1S/C20H23N3O/c1-14-3-7-21-15(2)18(14)11-19-17-6-10-23(20(17)4-8-22-19)9-5-16-12-24-13-16/h3-4,6-8,10,16H,5,9,11-13H2,1-2H3. The van der Waals surface area contributed by atoms with E-state index in [0.29, 0.717) is 0 Å². The van der Waals surface area contributed by atoms with Gasteiger partial charge in [-0.3, -0.25) is 9.97 Å². The number of ether oxygens (including phenoxy) is 1. The van der Waals surface area contributed by atoms with Gasteiger partial charge in [-0.25, -0.2) is 0 Å². The first-order valence-electron chi connectivity index (χ1n) is 8.64. The fourth-order valence-corrected chi connectivity index (χ4v) is 3.45. The maximum atomic E-state index is 5.27. The van der Waals surface area contributed by atoms with Crippen molar-refractivity contribution in [3.8, 4) is 0 Å². The molecule has 0 N–H and O–H groups in total. The summed E-state index contributed by atoms with van der Waals surface area (Å²) in [6.07, 6.45) is 8.02. The van der Waals surface area contributed by atoms with Crippen LogP contribution in [-0.2, 0) is 17.7 Å². The minimum atomic E-state index is 0.726. The van der Waals surface area contributed by atoms with Crippen molar-refractivity contribution in [3.63, 3.8) is 0 Å². The average molecular weight is 321 g/mol. The molecule has 0 bridgehead atoms. The molecule has 3 aromatic heterocycles. The Labute approximate surface area is 142 Å². The van der Waals surface area contributed by atoms with E-state index in [2.05, 4.69) is 52.8 Å². The molecule has 4 heteroatoms. The zero-order valence-electron chi connectivity index (χ0n) is 14.3. The highest BCUT2D eigenvalue weighted by Gasteiger charge is 2.18. The van der Waals surface area contributed by atoms with Gasteiger partial charge in [-0.1, -0.05) is 0 Å². The Morgan fingerprint density at radius 2 is 1.96 bits per heavy atom. The van der Waals surface area contributed by atoms with Gasteiger partial charge in [0.25, 0.3) is 0 Å². The van der Waals surface area contributed by atoms with Gasteiger partial charge in [-0.15, -0.1) is 0 Å². The SMILES string of the molecule is Cc1ccnc(C)c1Cc1nccc2c1ccn2CCC1COC1. The van der Waals surface area contributed by atoms with E-state index in [1.54, 1.807) is 0 Å². The van der Waals surface area contributed by atoms with Crippen LogP contribution in [0.3, 0.4) is 0 Å². The van der Waals surface area contributed by atoms with Crippen LogP contribution >= 0.6 is 0 Å². The van der Waals surface area contributed by atoms with Gasteiger partial charge in [0.2, 0.25) is 0 Å². The molecule has 1 aliphatic heterocycles. The molecule has 0 saturated carbocycles. The Kier molecular flexibility index (Phi) is 4.07. The predicted octanol–water partition coefficient (Wildman–Crippen LogP) is 3.68. The zero-order valence-corrected chi connectivity index (χ0v) is 14.3. The summed E-state index contributed by atoms with van der Waals surface area (Å²) in [5.41, 5.74) is 6.08. The quantitative estimate of drug-likeness (QED) is 0.720. The van der Waals surface area contributed by atoms with Crippen LogP contribution in [0.15, 0.2) is 36.8 Å². The van der Waals surface area contributed by atoms with Gasteiger partial charge < -0.3 is 9.30 Å². The summed E-state index contributed by atoms with van der Waals surface area (Å²) >= 11 is 0. The van der Waals surface area contributed by atoms with Crippen LogP contribution in [0.2, 0.25) is 0 Å². The number of aromatic nitrogens is 3. The van der Waals surface area contributed by atoms with Crippen molar-refractivity contribution in [1.82, 2.24) is 14.5 Å². The highest BCUT2D eigenvalue weighted by atomic mass is 16.5. The first-order valence-corrected chi connectivity index (χ1v) is 8.64. The highest BCUT2D eigenvalue weighted by Crippen LogP contribution is 2.24. The van der Waals surface area contributed by atoms with Crippen LogP contribution < -0.4 is 0 Å². The van der Waals surface area contributed by atoms with Crippen molar-refractivity contribution in [3.05, 3.63) is 59.3 Å². The van der Waals surface area contributed by atoms with E-state index in [4.69, 9.17) is 4.74 Å². The predicted molar refractivity (Wildman–Crippen MR) is 95.2 cm³/mol. The molecule has 1 aliphatic rings. The van der Waals surface area contributed by atoms with Gasteiger partial charge in [0.05, 0.1) is 24.4 Å². The Bertz CT molecular complexity index is 844. The molecule has 1 fully saturated rings. The summed E-state index contributed by atoms with van der Waals surface area (Å²) in [7, 11) is 0. The van der Waals surface area contributed by atoms with E-state index in [-0.39, 0.29) is 0 Å². The summed E-state index contributed by atoms with van der Waals surface area (Å²) in [6.45, 7) is 7.12. The van der Waals surface area contributed by atoms with Gasteiger partial charge in [0, 0.05) is 48.6 Å². The molecule has 4 rings (SSSR count). The summed E-state index contributed by atoms with van der Waals surface area (Å²) in [5.74, 6) is 0.726. The second-order valence-electron chi connectivity index (χ2n) is 6.76. The lowest BCUT2D eigenvalue weighted by Gasteiger charge is -2.26. The average Bonchev–Trinajstić information content (AvgIpc) is 2.94. The van der Waals surface area contributed by atoms with Gasteiger partial charge in [0.1, 0.15) is 0 Å². The minimum Gasteiger partial charge on any atom is -0.381 e. The van der Waals surface area contributed by atoms with Crippen molar-refractivity contribution in [1.29, 1.82) is 0 Å². The first-order chi connectivity index (χ1) is 11.7. The Morgan fingerprint density at radius 1 is 1.12 bits per heavy atom. The van der Waals surface area contributed by atoms with Crippen molar-refractivity contribution in [2.75, 3.05) is 13.2 Å². The Hall–Kier alpha value is -2.20. The van der Waals surface area contributed by atoms with E-state index in [0.717, 1.165) is 43.5 Å². The lowest BCUT2D eigenvalue weighted by atomic mass is 10.0. The molecule has 0 aromatic carbocycles. The molecule has 0 radical (unpaired) electrons. The number of hydrogen-bond acceptors (Lipinski definition) is 3. The molecule has 24 heavy (non-hydrogen) atoms. The molecule has 124 valence electrons. The maximum absolute atomic E-state index is 5.27. The number of rotatable bonds is 5. The van der Waals surface area contributed by atoms with E-state index in [9.17, 15) is 0 Å². The fourth-order valence-electron chi connectivity index (χ4n) is 3.45. The van der Waals surface area contributed by atoms with Gasteiger partial charge in [-0.05, 0) is 49.6 Å². The van der Waals surface area contributed by atoms with Crippen molar-refractivity contribution >= 4 is 10.9 Å². The third-order valence-electron chi connectivity index (χ3n) is 5.12. The van der Waals surface area contributed by atoms with Crippen LogP contribution in [0.1, 0.15) is 28.9 Å². The molecule has 3 aromatic rings. The first kappa shape index (κ1) is 15.3. The van der Waals surface area contributed by atoms with Crippen LogP contribution in [0.25, 0.3) is 10.9 Å². The molecular weight excluding hydrogens is 298 g/mol. The summed E-state index contributed by atoms with van der Waals surface area (Å²) in [6, 6.07) is 6.41. The number of nitrogens with zero attached hydrogens (tertiary/aromatic N) is 3. The number of pyridine rings is 2.